The van der Waals surface area contributed by atoms with Gasteiger partial charge in [-0.1, -0.05) is 0 Å². The van der Waals surface area contributed by atoms with Crippen molar-refractivity contribution in [3.05, 3.63) is 24.2 Å². The SMILES string of the molecule is C[C@H](Cc1ccoc1)NC(=O)CN1C(=O)CCC1=O. The Morgan fingerprint density at radius 2 is 2.11 bits per heavy atom. The Bertz CT molecular complexity index is 465. The molecule has 0 saturated carbocycles. The van der Waals surface area contributed by atoms with Gasteiger partial charge in [0.1, 0.15) is 6.54 Å². The number of likely N-dealkylation sites (tertiary alicyclic amines) is 1. The molecule has 1 atom stereocenters. The van der Waals surface area contributed by atoms with Gasteiger partial charge < -0.3 is 9.73 Å². The van der Waals surface area contributed by atoms with Gasteiger partial charge in [0.2, 0.25) is 17.7 Å². The number of hydrogen-bond acceptors (Lipinski definition) is 4. The zero-order valence-electron chi connectivity index (χ0n) is 10.7. The minimum atomic E-state index is -0.320. The fourth-order valence-electron chi connectivity index (χ4n) is 2.08. The molecule has 1 aliphatic rings. The van der Waals surface area contributed by atoms with Crippen LogP contribution in [0.3, 0.4) is 0 Å². The summed E-state index contributed by atoms with van der Waals surface area (Å²) in [7, 11) is 0. The number of nitrogens with zero attached hydrogens (tertiary/aromatic N) is 1. The Balaban J connectivity index is 1.80. The molecule has 0 unspecified atom stereocenters. The van der Waals surface area contributed by atoms with Crippen LogP contribution in [-0.4, -0.2) is 35.2 Å². The maximum atomic E-state index is 11.7. The van der Waals surface area contributed by atoms with Gasteiger partial charge in [0, 0.05) is 18.9 Å². The lowest BCUT2D eigenvalue weighted by atomic mass is 10.1. The average molecular weight is 264 g/mol. The van der Waals surface area contributed by atoms with Crippen molar-refractivity contribution < 1.29 is 18.8 Å². The van der Waals surface area contributed by atoms with Crippen molar-refractivity contribution in [1.82, 2.24) is 10.2 Å². The molecule has 1 aromatic rings. The molecule has 102 valence electrons. The molecule has 1 saturated heterocycles. The van der Waals surface area contributed by atoms with Crippen molar-refractivity contribution in [2.24, 2.45) is 0 Å². The molecule has 0 radical (unpaired) electrons. The van der Waals surface area contributed by atoms with E-state index < -0.39 is 0 Å². The molecule has 1 N–H and O–H groups in total. The number of carbonyl (C=O) groups is 3. The van der Waals surface area contributed by atoms with E-state index in [1.807, 2.05) is 13.0 Å². The summed E-state index contributed by atoms with van der Waals surface area (Å²) >= 11 is 0. The largest absolute Gasteiger partial charge is 0.472 e. The van der Waals surface area contributed by atoms with Crippen LogP contribution in [0.5, 0.6) is 0 Å². The van der Waals surface area contributed by atoms with Gasteiger partial charge in [0.15, 0.2) is 0 Å². The van der Waals surface area contributed by atoms with Gasteiger partial charge in [0.25, 0.3) is 0 Å². The van der Waals surface area contributed by atoms with Crippen LogP contribution in [0.15, 0.2) is 23.0 Å². The number of rotatable bonds is 5. The lowest BCUT2D eigenvalue weighted by Gasteiger charge is -2.17. The van der Waals surface area contributed by atoms with E-state index >= 15 is 0 Å². The van der Waals surface area contributed by atoms with Crippen molar-refractivity contribution in [3.8, 4) is 0 Å². The minimum Gasteiger partial charge on any atom is -0.472 e. The predicted molar refractivity (Wildman–Crippen MR) is 66.0 cm³/mol. The van der Waals surface area contributed by atoms with E-state index in [0.29, 0.717) is 6.42 Å². The first kappa shape index (κ1) is 13.3. The second-order valence-electron chi connectivity index (χ2n) is 4.68. The summed E-state index contributed by atoms with van der Waals surface area (Å²) in [5.74, 6) is -0.870. The molecule has 6 heteroatoms. The maximum absolute atomic E-state index is 11.7. The Kier molecular flexibility index (Phi) is 3.99. The second kappa shape index (κ2) is 5.69. The molecular weight excluding hydrogens is 248 g/mol. The van der Waals surface area contributed by atoms with Crippen molar-refractivity contribution in [3.63, 3.8) is 0 Å². The second-order valence-corrected chi connectivity index (χ2v) is 4.68. The summed E-state index contributed by atoms with van der Waals surface area (Å²) in [5.41, 5.74) is 0.987. The van der Waals surface area contributed by atoms with Gasteiger partial charge in [-0.3, -0.25) is 19.3 Å². The summed E-state index contributed by atoms with van der Waals surface area (Å²) in [5, 5.41) is 2.76. The maximum Gasteiger partial charge on any atom is 0.240 e. The molecule has 3 amide bonds. The summed E-state index contributed by atoms with van der Waals surface area (Å²) in [6, 6.07) is 1.74. The van der Waals surface area contributed by atoms with Crippen LogP contribution in [0.4, 0.5) is 0 Å². The lowest BCUT2D eigenvalue weighted by molar-refractivity contribution is -0.142. The van der Waals surface area contributed by atoms with Gasteiger partial charge in [-0.15, -0.1) is 0 Å². The molecule has 1 fully saturated rings. The van der Waals surface area contributed by atoms with Gasteiger partial charge in [-0.25, -0.2) is 0 Å². The minimum absolute atomic E-state index is 0.0853. The first-order valence-electron chi connectivity index (χ1n) is 6.20. The molecule has 19 heavy (non-hydrogen) atoms. The number of carbonyl (C=O) groups excluding carboxylic acids is 3. The summed E-state index contributed by atoms with van der Waals surface area (Å²) in [6.07, 6.45) is 4.25. The molecule has 2 heterocycles. The molecule has 0 aliphatic carbocycles. The normalized spacial score (nSPS) is 16.8. The molecule has 0 spiro atoms. The van der Waals surface area contributed by atoms with Gasteiger partial charge in [0.05, 0.1) is 12.5 Å². The third-order valence-electron chi connectivity index (χ3n) is 2.99. The zero-order valence-corrected chi connectivity index (χ0v) is 10.7. The Labute approximate surface area is 110 Å². The van der Waals surface area contributed by atoms with E-state index in [0.717, 1.165) is 10.5 Å². The van der Waals surface area contributed by atoms with Crippen molar-refractivity contribution in [2.45, 2.75) is 32.2 Å². The number of amides is 3. The quantitative estimate of drug-likeness (QED) is 0.784. The fourth-order valence-corrected chi connectivity index (χ4v) is 2.08. The van der Waals surface area contributed by atoms with Gasteiger partial charge in [-0.05, 0) is 25.0 Å². The van der Waals surface area contributed by atoms with Crippen LogP contribution < -0.4 is 5.32 Å². The van der Waals surface area contributed by atoms with E-state index in [2.05, 4.69) is 5.32 Å². The topological polar surface area (TPSA) is 79.6 Å². The van der Waals surface area contributed by atoms with Crippen LogP contribution in [-0.2, 0) is 20.8 Å². The Morgan fingerprint density at radius 1 is 1.42 bits per heavy atom. The number of imide groups is 1. The standard InChI is InChI=1S/C13H16N2O4/c1-9(6-10-4-5-19-8-10)14-11(16)7-15-12(17)2-3-13(15)18/h4-5,8-9H,2-3,6-7H2,1H3,(H,14,16)/t9-/m1/s1. The van der Waals surface area contributed by atoms with E-state index in [4.69, 9.17) is 4.42 Å². The molecule has 1 aromatic heterocycles. The van der Waals surface area contributed by atoms with Crippen LogP contribution >= 0.6 is 0 Å². The van der Waals surface area contributed by atoms with E-state index in [9.17, 15) is 14.4 Å². The molecule has 0 aromatic carbocycles. The number of nitrogens with one attached hydrogen (secondary N) is 1. The van der Waals surface area contributed by atoms with Crippen LogP contribution in [0.25, 0.3) is 0 Å². The van der Waals surface area contributed by atoms with E-state index in [-0.39, 0.29) is 43.1 Å². The smallest absolute Gasteiger partial charge is 0.240 e. The highest BCUT2D eigenvalue weighted by molar-refractivity contribution is 6.04. The highest BCUT2D eigenvalue weighted by Gasteiger charge is 2.30. The Morgan fingerprint density at radius 3 is 2.68 bits per heavy atom. The lowest BCUT2D eigenvalue weighted by Crippen LogP contribution is -2.43. The third kappa shape index (κ3) is 3.43. The predicted octanol–water partition coefficient (Wildman–Crippen LogP) is 0.476. The van der Waals surface area contributed by atoms with Crippen LogP contribution in [0.2, 0.25) is 0 Å². The zero-order chi connectivity index (χ0) is 13.8. The highest BCUT2D eigenvalue weighted by Crippen LogP contribution is 2.11. The van der Waals surface area contributed by atoms with E-state index in [1.54, 1.807) is 12.5 Å². The number of hydrogen-bond donors (Lipinski definition) is 1. The van der Waals surface area contributed by atoms with Crippen molar-refractivity contribution in [1.29, 1.82) is 0 Å². The highest BCUT2D eigenvalue weighted by atomic mass is 16.3. The third-order valence-corrected chi connectivity index (χ3v) is 2.99. The summed E-state index contributed by atoms with van der Waals surface area (Å²) in [4.78, 5) is 35.5. The van der Waals surface area contributed by atoms with Gasteiger partial charge >= 0.3 is 0 Å². The molecular formula is C13H16N2O4. The van der Waals surface area contributed by atoms with Gasteiger partial charge in [-0.2, -0.15) is 0 Å². The number of furan rings is 1. The summed E-state index contributed by atoms with van der Waals surface area (Å²) in [6.45, 7) is 1.67. The average Bonchev–Trinajstić information content (AvgIpc) is 2.94. The molecule has 1 aliphatic heterocycles. The van der Waals surface area contributed by atoms with Crippen molar-refractivity contribution >= 4 is 17.7 Å². The van der Waals surface area contributed by atoms with Crippen LogP contribution in [0.1, 0.15) is 25.3 Å². The monoisotopic (exact) mass is 264 g/mol. The first-order valence-corrected chi connectivity index (χ1v) is 6.20. The molecule has 6 nitrogen and oxygen atoms in total. The fraction of sp³-hybridized carbons (Fsp3) is 0.462. The Hall–Kier alpha value is -2.11. The first-order chi connectivity index (χ1) is 9.06. The van der Waals surface area contributed by atoms with Crippen LogP contribution in [0, 0.1) is 0 Å². The van der Waals surface area contributed by atoms with Crippen molar-refractivity contribution in [2.75, 3.05) is 6.54 Å². The van der Waals surface area contributed by atoms with E-state index in [1.165, 1.54) is 0 Å². The summed E-state index contributed by atoms with van der Waals surface area (Å²) < 4.78 is 4.95. The molecule has 0 bridgehead atoms. The molecule has 2 rings (SSSR count).